The second-order valence-electron chi connectivity index (χ2n) is 9.79. The van der Waals surface area contributed by atoms with Crippen molar-refractivity contribution in [3.8, 4) is 0 Å². The molecular weight excluding hydrogens is 733 g/mol. The molecular formula is C30H43BrF6N2O2Sn. The van der Waals surface area contributed by atoms with E-state index >= 15 is 0 Å². The molecule has 0 saturated carbocycles. The Morgan fingerprint density at radius 2 is 1.24 bits per heavy atom. The van der Waals surface area contributed by atoms with Crippen molar-refractivity contribution >= 4 is 40.1 Å². The minimum absolute atomic E-state index is 0.174. The Hall–Kier alpha value is -1.63. The number of pyridine rings is 2. The maximum atomic E-state index is 12.0. The van der Waals surface area contributed by atoms with E-state index in [9.17, 15) is 31.1 Å². The summed E-state index contributed by atoms with van der Waals surface area (Å²) in [6.45, 7) is 15.4. The number of Topliss-reactive ketones (excluding diaryl/α,β-unsaturated/α-hetero) is 1. The molecule has 0 aliphatic heterocycles. The van der Waals surface area contributed by atoms with Crippen LogP contribution in [-0.2, 0) is 17.1 Å². The first kappa shape index (κ1) is 40.4. The van der Waals surface area contributed by atoms with E-state index in [1.165, 1.54) is 68.6 Å². The van der Waals surface area contributed by atoms with Crippen LogP contribution < -0.4 is 0 Å². The van der Waals surface area contributed by atoms with E-state index in [0.717, 1.165) is 37.2 Å². The minimum atomic E-state index is -4.45. The predicted molar refractivity (Wildman–Crippen MR) is 162 cm³/mol. The van der Waals surface area contributed by atoms with Crippen LogP contribution in [0.25, 0.3) is 0 Å². The van der Waals surface area contributed by atoms with Gasteiger partial charge in [-0.2, -0.15) is 26.3 Å². The topological polar surface area (TPSA) is 52.1 Å². The number of carbonyl (C=O) groups excluding carboxylic acids is 1. The smallest absolute Gasteiger partial charge is 0.294 e. The third-order valence-electron chi connectivity index (χ3n) is 6.41. The van der Waals surface area contributed by atoms with Crippen molar-refractivity contribution in [3.63, 3.8) is 0 Å². The van der Waals surface area contributed by atoms with Crippen LogP contribution in [0.4, 0.5) is 26.3 Å². The van der Waals surface area contributed by atoms with Crippen molar-refractivity contribution < 1.29 is 35.9 Å². The molecule has 0 fully saturated rings. The molecule has 12 heteroatoms. The van der Waals surface area contributed by atoms with Gasteiger partial charge in [-0.3, -0.25) is 14.8 Å². The summed E-state index contributed by atoms with van der Waals surface area (Å²) in [7, 11) is 0. The average molecular weight is 776 g/mol. The standard InChI is InChI=1S/C8H6F3NO.C6H3BrF3N.C4H7O.3C4H9.Sn/c1-5(13)6-2-3-7(12-4-6)8(9,10)11;7-4-1-2-5(11-3-4)6(8,9)10;1-3-5-4-2;3*1-3-4-2;/h2-4H,1H3;1-3H;1,4H2,2H3;3*1,3-4H2,2H3;. The van der Waals surface area contributed by atoms with Gasteiger partial charge >= 0.3 is 132 Å². The summed E-state index contributed by atoms with van der Waals surface area (Å²) < 4.78 is 83.5. The van der Waals surface area contributed by atoms with E-state index in [2.05, 4.69) is 60.2 Å². The molecule has 2 aromatic heterocycles. The maximum absolute atomic E-state index is 12.0. The molecule has 0 amide bonds. The SMILES string of the molecule is C=[C](OCC)[Sn]([CH2]CCC)([CH2]CCC)[CH2]CCC.CC(=O)c1ccc(C(F)(F)F)nc1.FC(F)(F)c1ccc(Br)cn1. The van der Waals surface area contributed by atoms with E-state index in [0.29, 0.717) is 4.47 Å². The van der Waals surface area contributed by atoms with Crippen molar-refractivity contribution in [1.29, 1.82) is 0 Å². The van der Waals surface area contributed by atoms with Crippen LogP contribution in [0.2, 0.25) is 13.3 Å². The van der Waals surface area contributed by atoms with Gasteiger partial charge in [0.15, 0.2) is 5.78 Å². The fraction of sp³-hybridized carbons (Fsp3) is 0.567. The van der Waals surface area contributed by atoms with Crippen LogP contribution in [-0.4, -0.2) is 40.7 Å². The van der Waals surface area contributed by atoms with Crippen molar-refractivity contribution in [3.05, 3.63) is 68.4 Å². The molecule has 0 aliphatic carbocycles. The third kappa shape index (κ3) is 15.7. The summed E-state index contributed by atoms with van der Waals surface area (Å²) in [5, 5.41) is 0. The van der Waals surface area contributed by atoms with E-state index in [-0.39, 0.29) is 11.3 Å². The number of hydrogen-bond acceptors (Lipinski definition) is 4. The number of rotatable bonds is 13. The van der Waals surface area contributed by atoms with Gasteiger partial charge in [0.05, 0.1) is 0 Å². The van der Waals surface area contributed by atoms with Crippen LogP contribution in [0.3, 0.4) is 0 Å². The van der Waals surface area contributed by atoms with Gasteiger partial charge < -0.3 is 0 Å². The molecule has 42 heavy (non-hydrogen) atoms. The molecule has 0 unspecified atom stereocenters. The first-order valence-corrected chi connectivity index (χ1v) is 22.4. The molecule has 0 N–H and O–H groups in total. The molecule has 2 aromatic rings. The van der Waals surface area contributed by atoms with Crippen molar-refractivity contribution in [1.82, 2.24) is 9.97 Å². The average Bonchev–Trinajstić information content (AvgIpc) is 2.93. The Kier molecular flexibility index (Phi) is 19.6. The molecule has 0 aromatic carbocycles. The largest absolute Gasteiger partial charge is 0.433 e. The number of ketones is 1. The van der Waals surface area contributed by atoms with Gasteiger partial charge in [0, 0.05) is 22.4 Å². The Balaban J connectivity index is 0.000000620. The number of halogens is 7. The number of carbonyl (C=O) groups is 1. The van der Waals surface area contributed by atoms with Gasteiger partial charge in [0.2, 0.25) is 0 Å². The number of hydrogen-bond donors (Lipinski definition) is 0. The molecule has 0 spiro atoms. The minimum Gasteiger partial charge on any atom is -0.294 e. The molecule has 0 saturated heterocycles. The van der Waals surface area contributed by atoms with Gasteiger partial charge in [0.1, 0.15) is 11.4 Å². The molecule has 2 heterocycles. The molecule has 4 nitrogen and oxygen atoms in total. The van der Waals surface area contributed by atoms with E-state index in [1.54, 1.807) is 0 Å². The van der Waals surface area contributed by atoms with Gasteiger partial charge in [0.25, 0.3) is 0 Å². The second kappa shape index (κ2) is 20.3. The first-order chi connectivity index (χ1) is 19.6. The Labute approximate surface area is 258 Å². The molecule has 2 rings (SSSR count). The zero-order chi connectivity index (χ0) is 32.4. The van der Waals surface area contributed by atoms with Gasteiger partial charge in [-0.05, 0) is 47.1 Å². The van der Waals surface area contributed by atoms with E-state index in [4.69, 9.17) is 4.74 Å². The van der Waals surface area contributed by atoms with Crippen LogP contribution in [0.1, 0.15) is 94.9 Å². The summed E-state index contributed by atoms with van der Waals surface area (Å²) in [5.74, 6) is -0.304. The maximum Gasteiger partial charge on any atom is 0.433 e. The van der Waals surface area contributed by atoms with Crippen molar-refractivity contribution in [2.24, 2.45) is 0 Å². The van der Waals surface area contributed by atoms with Crippen molar-refractivity contribution in [2.75, 3.05) is 6.61 Å². The summed E-state index contributed by atoms with van der Waals surface area (Å²) in [6.07, 6.45) is 1.34. The predicted octanol–water partition coefficient (Wildman–Crippen LogP) is 11.1. The quantitative estimate of drug-likeness (QED) is 0.0880. The monoisotopic (exact) mass is 776 g/mol. The summed E-state index contributed by atoms with van der Waals surface area (Å²) >= 11 is 0.739. The van der Waals surface area contributed by atoms with Gasteiger partial charge in [-0.1, -0.05) is 0 Å². The van der Waals surface area contributed by atoms with Crippen molar-refractivity contribution in [2.45, 2.75) is 98.8 Å². The first-order valence-electron chi connectivity index (χ1n) is 14.1. The zero-order valence-electron chi connectivity index (χ0n) is 25.1. The Bertz CT molecular complexity index is 1020. The Morgan fingerprint density at radius 3 is 1.52 bits per heavy atom. The molecule has 238 valence electrons. The van der Waals surface area contributed by atoms with Crippen LogP contribution >= 0.6 is 15.9 Å². The molecule has 0 bridgehead atoms. The summed E-state index contributed by atoms with van der Waals surface area (Å²) in [6, 6.07) is 4.12. The van der Waals surface area contributed by atoms with Crippen LogP contribution in [0, 0.1) is 0 Å². The molecule has 0 aliphatic rings. The van der Waals surface area contributed by atoms with Crippen LogP contribution in [0.15, 0.2) is 51.5 Å². The van der Waals surface area contributed by atoms with E-state index in [1.807, 2.05) is 0 Å². The Morgan fingerprint density at radius 1 is 0.810 bits per heavy atom. The number of aromatic nitrogens is 2. The third-order valence-corrected chi connectivity index (χ3v) is 21.9. The number of unbranched alkanes of at least 4 members (excludes halogenated alkanes) is 3. The summed E-state index contributed by atoms with van der Waals surface area (Å²) in [4.78, 5) is 17.0. The van der Waals surface area contributed by atoms with Gasteiger partial charge in [-0.15, -0.1) is 0 Å². The van der Waals surface area contributed by atoms with Crippen LogP contribution in [0.5, 0.6) is 0 Å². The fourth-order valence-electron chi connectivity index (χ4n) is 3.98. The molecule has 0 atom stereocenters. The normalized spacial score (nSPS) is 11.5. The number of nitrogens with zero attached hydrogens (tertiary/aromatic N) is 2. The molecule has 0 radical (unpaired) electrons. The fourth-order valence-corrected chi connectivity index (χ4v) is 18.8. The van der Waals surface area contributed by atoms with E-state index < -0.39 is 42.1 Å². The number of ether oxygens (including phenoxy) is 1. The number of alkyl halides is 6. The second-order valence-corrected chi connectivity index (χ2v) is 23.9. The summed E-state index contributed by atoms with van der Waals surface area (Å²) in [5.41, 5.74) is -1.69. The zero-order valence-corrected chi connectivity index (χ0v) is 29.5. The van der Waals surface area contributed by atoms with Gasteiger partial charge in [-0.25, -0.2) is 0 Å².